The lowest BCUT2D eigenvalue weighted by molar-refractivity contribution is 0.209. The smallest absolute Gasteiger partial charge is 0.328 e. The van der Waals surface area contributed by atoms with Gasteiger partial charge in [0.05, 0.1) is 13.4 Å². The van der Waals surface area contributed by atoms with Gasteiger partial charge in [0, 0.05) is 64.8 Å². The minimum atomic E-state index is -2.95. The van der Waals surface area contributed by atoms with Crippen LogP contribution in [0.25, 0.3) is 0 Å². The van der Waals surface area contributed by atoms with Gasteiger partial charge in [-0.05, 0) is 27.8 Å². The lowest BCUT2D eigenvalue weighted by Gasteiger charge is -2.29. The summed E-state index contributed by atoms with van der Waals surface area (Å²) in [5, 5.41) is 0.791. The Labute approximate surface area is 235 Å². The van der Waals surface area contributed by atoms with Crippen LogP contribution in [0.1, 0.15) is 11.1 Å². The number of nitrogens with zero attached hydrogens (tertiary/aromatic N) is 3. The first-order valence-corrected chi connectivity index (χ1v) is 16.8. The Balaban J connectivity index is 0.000000771. The van der Waals surface area contributed by atoms with Crippen LogP contribution in [0, 0.1) is 0 Å². The summed E-state index contributed by atoms with van der Waals surface area (Å²) >= 11 is 0. The van der Waals surface area contributed by atoms with Crippen LogP contribution < -0.4 is 5.30 Å². The molecule has 7 nitrogen and oxygen atoms in total. The molecular weight excluding hydrogens is 528 g/mol. The van der Waals surface area contributed by atoms with Gasteiger partial charge in [-0.3, -0.25) is 19.3 Å². The van der Waals surface area contributed by atoms with Crippen LogP contribution >= 0.6 is 15.4 Å². The number of hydrogen-bond donors (Lipinski definition) is 0. The second kappa shape index (κ2) is 16.8. The van der Waals surface area contributed by atoms with Crippen molar-refractivity contribution in [2.45, 2.75) is 13.1 Å². The average molecular weight is 571 g/mol. The van der Waals surface area contributed by atoms with E-state index in [2.05, 4.69) is 79.9 Å². The first-order chi connectivity index (χ1) is 18.9. The minimum Gasteiger partial charge on any atom is -0.328 e. The zero-order valence-electron chi connectivity index (χ0n) is 23.4. The van der Waals surface area contributed by atoms with Crippen molar-refractivity contribution in [1.82, 2.24) is 14.7 Å². The molecule has 4 rings (SSSR count). The highest BCUT2D eigenvalue weighted by molar-refractivity contribution is 7.66. The molecule has 0 bridgehead atoms. The summed E-state index contributed by atoms with van der Waals surface area (Å²) in [6.07, 6.45) is 0.436. The molecule has 1 aliphatic rings. The van der Waals surface area contributed by atoms with Gasteiger partial charge in [0.25, 0.3) is 0 Å². The molecule has 0 aromatic heterocycles. The van der Waals surface area contributed by atoms with Gasteiger partial charge in [-0.15, -0.1) is 4.52 Å². The van der Waals surface area contributed by atoms with Crippen molar-refractivity contribution >= 4 is 20.7 Å². The summed E-state index contributed by atoms with van der Waals surface area (Å²) in [5.41, 5.74) is 2.66. The summed E-state index contributed by atoms with van der Waals surface area (Å²) in [6, 6.07) is 31.0. The zero-order chi connectivity index (χ0) is 27.9. The van der Waals surface area contributed by atoms with Crippen molar-refractivity contribution in [1.29, 1.82) is 0 Å². The van der Waals surface area contributed by atoms with Gasteiger partial charge in [0.1, 0.15) is 0 Å². The third-order valence-corrected chi connectivity index (χ3v) is 9.74. The first kappa shape index (κ1) is 31.3. The van der Waals surface area contributed by atoms with Crippen molar-refractivity contribution < 1.29 is 18.2 Å². The van der Waals surface area contributed by atoms with E-state index in [1.54, 1.807) is 7.11 Å². The van der Waals surface area contributed by atoms with Gasteiger partial charge in [0.15, 0.2) is 6.66 Å². The van der Waals surface area contributed by atoms with Crippen molar-refractivity contribution in [2.75, 3.05) is 66.4 Å². The molecule has 0 aliphatic carbocycles. The summed E-state index contributed by atoms with van der Waals surface area (Å²) in [7, 11) is -1.31. The molecule has 1 aliphatic heterocycles. The normalized spacial score (nSPS) is 17.6. The maximum Gasteiger partial charge on any atom is 0.504 e. The van der Waals surface area contributed by atoms with E-state index in [4.69, 9.17) is 4.52 Å². The van der Waals surface area contributed by atoms with Gasteiger partial charge in [-0.25, -0.2) is 0 Å². The van der Waals surface area contributed by atoms with Crippen molar-refractivity contribution in [3.63, 3.8) is 0 Å². The predicted molar refractivity (Wildman–Crippen MR) is 161 cm³/mol. The van der Waals surface area contributed by atoms with Crippen molar-refractivity contribution in [2.24, 2.45) is 0 Å². The van der Waals surface area contributed by atoms with Crippen LogP contribution in [-0.2, 0) is 31.3 Å². The van der Waals surface area contributed by atoms with Crippen molar-refractivity contribution in [3.05, 3.63) is 102 Å². The lowest BCUT2D eigenvalue weighted by atomic mass is 10.2. The third kappa shape index (κ3) is 11.1. The molecule has 1 saturated heterocycles. The largest absolute Gasteiger partial charge is 0.504 e. The van der Waals surface area contributed by atoms with Crippen LogP contribution in [0.5, 0.6) is 0 Å². The van der Waals surface area contributed by atoms with E-state index in [0.717, 1.165) is 57.7 Å². The van der Waals surface area contributed by atoms with E-state index in [1.807, 2.05) is 30.3 Å². The molecule has 2 unspecified atom stereocenters. The highest BCUT2D eigenvalue weighted by atomic mass is 31.2. The molecule has 0 N–H and O–H groups in total. The van der Waals surface area contributed by atoms with Gasteiger partial charge >= 0.3 is 8.03 Å². The fourth-order valence-electron chi connectivity index (χ4n) is 4.49. The van der Waals surface area contributed by atoms with E-state index in [0.29, 0.717) is 6.29 Å². The Bertz CT molecular complexity index is 1100. The van der Waals surface area contributed by atoms with E-state index in [1.165, 1.54) is 24.9 Å². The first-order valence-electron chi connectivity index (χ1n) is 13.3. The van der Waals surface area contributed by atoms with Crippen LogP contribution in [0.2, 0.25) is 0 Å². The molecule has 3 aromatic carbocycles. The fourth-order valence-corrected chi connectivity index (χ4v) is 6.41. The molecule has 210 valence electrons. The molecule has 0 radical (unpaired) electrons. The number of hydrogen-bond acceptors (Lipinski definition) is 7. The standard InChI is InChI=1S/C28H36N3O2P.C2H6O2P/c1-33-34(32,28-15-9-4-10-16-28)25-31-21-19-29(23-26-11-5-2-6-12-26)17-18-30(20-22-31)24-27-13-7-3-8-14-27;1-4-5(2)3/h2-16H,17-25H2,1H3;1-2H3/q;+1. The van der Waals surface area contributed by atoms with E-state index < -0.39 is 15.4 Å². The van der Waals surface area contributed by atoms with Gasteiger partial charge < -0.3 is 4.52 Å². The Hall–Kier alpha value is -2.21. The second-order valence-electron chi connectivity index (χ2n) is 9.60. The second-order valence-corrected chi connectivity index (χ2v) is 13.4. The van der Waals surface area contributed by atoms with Crippen LogP contribution in [0.4, 0.5) is 0 Å². The van der Waals surface area contributed by atoms with Crippen LogP contribution in [0.15, 0.2) is 91.0 Å². The fraction of sp³-hybridized carbons (Fsp3) is 0.400. The van der Waals surface area contributed by atoms with E-state index >= 15 is 0 Å². The quantitative estimate of drug-likeness (QED) is 0.314. The summed E-state index contributed by atoms with van der Waals surface area (Å²) in [4.78, 5) is 7.37. The molecule has 9 heteroatoms. The highest BCUT2D eigenvalue weighted by Crippen LogP contribution is 2.45. The van der Waals surface area contributed by atoms with Crippen LogP contribution in [0.3, 0.4) is 0 Å². The Morgan fingerprint density at radius 1 is 0.667 bits per heavy atom. The van der Waals surface area contributed by atoms with Crippen LogP contribution in [-0.4, -0.2) is 81.1 Å². The highest BCUT2D eigenvalue weighted by Gasteiger charge is 2.28. The summed E-state index contributed by atoms with van der Waals surface area (Å²) in [6.45, 7) is 8.99. The molecule has 1 fully saturated rings. The zero-order valence-corrected chi connectivity index (χ0v) is 25.2. The molecule has 39 heavy (non-hydrogen) atoms. The summed E-state index contributed by atoms with van der Waals surface area (Å²) < 4.78 is 33.4. The van der Waals surface area contributed by atoms with E-state index in [9.17, 15) is 9.13 Å². The molecular formula is C30H42N3O4P2+. The number of benzene rings is 3. The molecule has 3 aromatic rings. The van der Waals surface area contributed by atoms with E-state index in [-0.39, 0.29) is 0 Å². The maximum atomic E-state index is 13.8. The van der Waals surface area contributed by atoms with Crippen molar-refractivity contribution in [3.8, 4) is 0 Å². The SMILES string of the molecule is COP(=O)(CN1CCN(Cc2ccccc2)CCN(Cc2ccccc2)CC1)c1ccccc1.CO[P+](C)=O. The third-order valence-electron chi connectivity index (χ3n) is 6.78. The predicted octanol–water partition coefficient (Wildman–Crippen LogP) is 5.52. The van der Waals surface area contributed by atoms with Gasteiger partial charge in [0.2, 0.25) is 7.37 Å². The summed E-state index contributed by atoms with van der Waals surface area (Å²) in [5.74, 6) is 0. The monoisotopic (exact) mass is 570 g/mol. The Morgan fingerprint density at radius 2 is 1.03 bits per heavy atom. The molecule has 2 atom stereocenters. The molecule has 0 amide bonds. The lowest BCUT2D eigenvalue weighted by Crippen LogP contribution is -2.37. The van der Waals surface area contributed by atoms with Gasteiger partial charge in [-0.1, -0.05) is 78.9 Å². The molecule has 0 saturated carbocycles. The van der Waals surface area contributed by atoms with Gasteiger partial charge in [-0.2, -0.15) is 0 Å². The Morgan fingerprint density at radius 3 is 1.38 bits per heavy atom. The Kier molecular flexibility index (Phi) is 13.5. The average Bonchev–Trinajstić information content (AvgIpc) is 3.06. The molecule has 0 spiro atoms. The minimum absolute atomic E-state index is 0.436. The molecule has 1 heterocycles. The maximum absolute atomic E-state index is 13.8. The topological polar surface area (TPSA) is 62.3 Å². The number of rotatable bonds is 9.